The monoisotopic (exact) mass is 318 g/mol. The fraction of sp³-hybridized carbons (Fsp3) is 0.312. The Morgan fingerprint density at radius 2 is 1.96 bits per heavy atom. The maximum Gasteiger partial charge on any atom is 0.356 e. The number of carboxylic acid groups (broad SMARTS) is 2. The highest BCUT2D eigenvalue weighted by atomic mass is 19.1. The summed E-state index contributed by atoms with van der Waals surface area (Å²) in [6.07, 6.45) is 1.87. The van der Waals surface area contributed by atoms with E-state index in [1.165, 1.54) is 28.9 Å². The molecular formula is C16H15FN2O4. The summed E-state index contributed by atoms with van der Waals surface area (Å²) in [5.74, 6) is -2.90. The highest BCUT2D eigenvalue weighted by molar-refractivity contribution is 5.88. The van der Waals surface area contributed by atoms with Crippen LogP contribution in [0.25, 0.3) is 5.69 Å². The average molecular weight is 318 g/mol. The fourth-order valence-electron chi connectivity index (χ4n) is 3.16. The number of hydrogen-bond acceptors (Lipinski definition) is 3. The van der Waals surface area contributed by atoms with Gasteiger partial charge in [0, 0.05) is 11.3 Å². The molecule has 0 fully saturated rings. The minimum atomic E-state index is -1.18. The molecule has 2 N–H and O–H groups in total. The highest BCUT2D eigenvalue weighted by Crippen LogP contribution is 2.37. The number of nitrogens with zero attached hydrogens (tertiary/aromatic N) is 2. The number of aromatic nitrogens is 2. The Hall–Kier alpha value is -2.70. The maximum absolute atomic E-state index is 13.1. The third-order valence-electron chi connectivity index (χ3n) is 4.09. The Balaban J connectivity index is 2.14. The topological polar surface area (TPSA) is 92.4 Å². The lowest BCUT2D eigenvalue weighted by Gasteiger charge is -2.22. The highest BCUT2D eigenvalue weighted by Gasteiger charge is 2.32. The average Bonchev–Trinajstić information content (AvgIpc) is 2.88. The summed E-state index contributed by atoms with van der Waals surface area (Å²) in [6, 6.07) is 5.60. The summed E-state index contributed by atoms with van der Waals surface area (Å²) < 4.78 is 14.6. The van der Waals surface area contributed by atoms with Crippen LogP contribution in [-0.2, 0) is 11.2 Å². The summed E-state index contributed by atoms with van der Waals surface area (Å²) in [5.41, 5.74) is 1.64. The van der Waals surface area contributed by atoms with Crippen LogP contribution in [0.3, 0.4) is 0 Å². The normalized spacial score (nSPS) is 16.8. The van der Waals surface area contributed by atoms with Gasteiger partial charge >= 0.3 is 11.9 Å². The van der Waals surface area contributed by atoms with Gasteiger partial charge in [0.2, 0.25) is 0 Å². The van der Waals surface area contributed by atoms with Crippen LogP contribution in [0, 0.1) is 5.82 Å². The molecule has 2 aromatic rings. The molecule has 0 spiro atoms. The second-order valence-corrected chi connectivity index (χ2v) is 5.59. The van der Waals surface area contributed by atoms with Crippen molar-refractivity contribution in [3.8, 4) is 5.69 Å². The van der Waals surface area contributed by atoms with Gasteiger partial charge in [-0.1, -0.05) is 0 Å². The number of rotatable bonds is 4. The van der Waals surface area contributed by atoms with Gasteiger partial charge in [0.25, 0.3) is 0 Å². The van der Waals surface area contributed by atoms with Gasteiger partial charge in [0.1, 0.15) is 5.82 Å². The van der Waals surface area contributed by atoms with Crippen LogP contribution in [0.2, 0.25) is 0 Å². The minimum Gasteiger partial charge on any atom is -0.481 e. The molecule has 1 aliphatic rings. The van der Waals surface area contributed by atoms with Crippen molar-refractivity contribution in [3.05, 3.63) is 47.0 Å². The van der Waals surface area contributed by atoms with Crippen LogP contribution < -0.4 is 0 Å². The fourth-order valence-corrected chi connectivity index (χ4v) is 3.16. The predicted octanol–water partition coefficient (Wildman–Crippen LogP) is 2.60. The Bertz CT molecular complexity index is 767. The van der Waals surface area contributed by atoms with Crippen LogP contribution in [0.1, 0.15) is 46.9 Å². The first kappa shape index (κ1) is 15.2. The smallest absolute Gasteiger partial charge is 0.356 e. The number of carbonyl (C=O) groups is 2. The van der Waals surface area contributed by atoms with E-state index in [2.05, 4.69) is 5.10 Å². The molecule has 0 saturated carbocycles. The largest absolute Gasteiger partial charge is 0.481 e. The van der Waals surface area contributed by atoms with Gasteiger partial charge in [0.05, 0.1) is 12.1 Å². The van der Waals surface area contributed by atoms with E-state index < -0.39 is 17.8 Å². The van der Waals surface area contributed by atoms with Gasteiger partial charge in [-0.25, -0.2) is 13.9 Å². The third-order valence-corrected chi connectivity index (χ3v) is 4.09. The van der Waals surface area contributed by atoms with Crippen LogP contribution >= 0.6 is 0 Å². The van der Waals surface area contributed by atoms with Crippen molar-refractivity contribution >= 4 is 11.9 Å². The molecular weight excluding hydrogens is 303 g/mol. The third kappa shape index (κ3) is 2.81. The summed E-state index contributed by atoms with van der Waals surface area (Å²) in [6.45, 7) is 0. The number of aromatic carboxylic acids is 1. The first-order valence-electron chi connectivity index (χ1n) is 7.30. The lowest BCUT2D eigenvalue weighted by Crippen LogP contribution is -2.16. The van der Waals surface area contributed by atoms with Crippen LogP contribution in [-0.4, -0.2) is 31.9 Å². The summed E-state index contributed by atoms with van der Waals surface area (Å²) in [4.78, 5) is 22.6. The van der Waals surface area contributed by atoms with E-state index in [0.717, 1.165) is 6.42 Å². The van der Waals surface area contributed by atoms with Gasteiger partial charge in [-0.15, -0.1) is 0 Å². The Kier molecular flexibility index (Phi) is 3.85. The van der Waals surface area contributed by atoms with E-state index in [1.54, 1.807) is 0 Å². The standard InChI is InChI=1S/C16H15FN2O4/c17-10-4-6-11(7-5-10)19-12-3-1-2-9(8-13(20)21)14(12)15(18-19)16(22)23/h4-7,9H,1-3,8H2,(H,20,21)(H,22,23). The maximum atomic E-state index is 13.1. The van der Waals surface area contributed by atoms with E-state index in [9.17, 15) is 19.1 Å². The van der Waals surface area contributed by atoms with Crippen LogP contribution in [0.15, 0.2) is 24.3 Å². The second kappa shape index (κ2) is 5.83. The van der Waals surface area contributed by atoms with Crippen molar-refractivity contribution < 1.29 is 24.2 Å². The van der Waals surface area contributed by atoms with E-state index in [1.807, 2.05) is 0 Å². The molecule has 0 aliphatic heterocycles. The van der Waals surface area contributed by atoms with Gasteiger partial charge in [0.15, 0.2) is 5.69 Å². The first-order valence-corrected chi connectivity index (χ1v) is 7.30. The van der Waals surface area contributed by atoms with Crippen molar-refractivity contribution in [2.24, 2.45) is 0 Å². The molecule has 23 heavy (non-hydrogen) atoms. The number of aliphatic carboxylic acids is 1. The lowest BCUT2D eigenvalue weighted by molar-refractivity contribution is -0.137. The molecule has 1 atom stereocenters. The lowest BCUT2D eigenvalue weighted by atomic mass is 9.83. The molecule has 3 rings (SSSR count). The van der Waals surface area contributed by atoms with Gasteiger partial charge < -0.3 is 10.2 Å². The molecule has 0 radical (unpaired) electrons. The molecule has 120 valence electrons. The molecule has 6 nitrogen and oxygen atoms in total. The zero-order valence-corrected chi connectivity index (χ0v) is 12.2. The van der Waals surface area contributed by atoms with Crippen molar-refractivity contribution in [2.45, 2.75) is 31.6 Å². The Morgan fingerprint density at radius 1 is 1.26 bits per heavy atom. The van der Waals surface area contributed by atoms with Gasteiger partial charge in [-0.2, -0.15) is 5.10 Å². The number of fused-ring (bicyclic) bond motifs is 1. The summed E-state index contributed by atoms with van der Waals surface area (Å²) in [7, 11) is 0. The second-order valence-electron chi connectivity index (χ2n) is 5.59. The molecule has 1 unspecified atom stereocenters. The van der Waals surface area contributed by atoms with Crippen molar-refractivity contribution in [2.75, 3.05) is 0 Å². The van der Waals surface area contributed by atoms with E-state index in [0.29, 0.717) is 29.8 Å². The quantitative estimate of drug-likeness (QED) is 0.904. The number of carboxylic acids is 2. The molecule has 0 saturated heterocycles. The summed E-state index contributed by atoms with van der Waals surface area (Å²) in [5, 5.41) is 22.6. The zero-order chi connectivity index (χ0) is 16.6. The van der Waals surface area contributed by atoms with Crippen molar-refractivity contribution in [1.29, 1.82) is 0 Å². The molecule has 0 amide bonds. The minimum absolute atomic E-state index is 0.115. The number of hydrogen-bond donors (Lipinski definition) is 2. The van der Waals surface area contributed by atoms with E-state index >= 15 is 0 Å². The molecule has 0 bridgehead atoms. The molecule has 7 heteroatoms. The zero-order valence-electron chi connectivity index (χ0n) is 12.2. The Labute approximate surface area is 131 Å². The summed E-state index contributed by atoms with van der Waals surface area (Å²) >= 11 is 0. The molecule has 1 aromatic carbocycles. The van der Waals surface area contributed by atoms with Crippen LogP contribution in [0.4, 0.5) is 4.39 Å². The predicted molar refractivity (Wildman–Crippen MR) is 78.4 cm³/mol. The molecule has 1 aliphatic carbocycles. The van der Waals surface area contributed by atoms with Crippen LogP contribution in [0.5, 0.6) is 0 Å². The molecule has 1 aromatic heterocycles. The number of halogens is 1. The van der Waals surface area contributed by atoms with Crippen molar-refractivity contribution in [1.82, 2.24) is 9.78 Å². The number of benzene rings is 1. The first-order chi connectivity index (χ1) is 11.0. The van der Waals surface area contributed by atoms with E-state index in [-0.39, 0.29) is 18.0 Å². The van der Waals surface area contributed by atoms with Gasteiger partial charge in [-0.3, -0.25) is 4.79 Å². The van der Waals surface area contributed by atoms with E-state index in [4.69, 9.17) is 5.11 Å². The van der Waals surface area contributed by atoms with Crippen molar-refractivity contribution in [3.63, 3.8) is 0 Å². The SMILES string of the molecule is O=C(O)CC1CCCc2c1c(C(=O)O)nn2-c1ccc(F)cc1. The molecule has 1 heterocycles. The van der Waals surface area contributed by atoms with Gasteiger partial charge in [-0.05, 0) is 49.4 Å². The Morgan fingerprint density at radius 3 is 2.57 bits per heavy atom.